The molecule has 2 atom stereocenters. The van der Waals surface area contributed by atoms with Crippen molar-refractivity contribution in [3.63, 3.8) is 0 Å². The number of fused-ring (bicyclic) bond motifs is 3. The average molecular weight is 411 g/mol. The zero-order valence-electron chi connectivity index (χ0n) is 16.4. The molecule has 0 saturated heterocycles. The van der Waals surface area contributed by atoms with E-state index in [0.717, 1.165) is 27.8 Å². The third-order valence-corrected chi connectivity index (χ3v) is 5.54. The molecule has 0 amide bonds. The van der Waals surface area contributed by atoms with E-state index in [1.54, 1.807) is 14.2 Å². The Hall–Kier alpha value is -2.53. The van der Waals surface area contributed by atoms with E-state index in [0.29, 0.717) is 22.9 Å². The number of halogens is 1. The number of methoxy groups -OCH3 is 2. The summed E-state index contributed by atoms with van der Waals surface area (Å²) in [5, 5.41) is 10.3. The van der Waals surface area contributed by atoms with Gasteiger partial charge < -0.3 is 19.3 Å². The molecular formula is C24H23ClO4. The van der Waals surface area contributed by atoms with Crippen molar-refractivity contribution in [1.82, 2.24) is 0 Å². The van der Waals surface area contributed by atoms with Crippen LogP contribution in [0.4, 0.5) is 0 Å². The van der Waals surface area contributed by atoms with Gasteiger partial charge in [-0.1, -0.05) is 54.1 Å². The van der Waals surface area contributed by atoms with Crippen LogP contribution < -0.4 is 9.47 Å². The van der Waals surface area contributed by atoms with Gasteiger partial charge in [0.15, 0.2) is 11.5 Å². The number of para-hydroxylation sites is 1. The summed E-state index contributed by atoms with van der Waals surface area (Å²) in [4.78, 5) is 0. The van der Waals surface area contributed by atoms with E-state index in [1.165, 1.54) is 0 Å². The second-order valence-electron chi connectivity index (χ2n) is 6.92. The number of aliphatic hydroxyl groups is 1. The van der Waals surface area contributed by atoms with E-state index in [9.17, 15) is 5.11 Å². The predicted molar refractivity (Wildman–Crippen MR) is 114 cm³/mol. The molecule has 0 aromatic heterocycles. The molecule has 0 bridgehead atoms. The van der Waals surface area contributed by atoms with Gasteiger partial charge in [0.1, 0.15) is 6.10 Å². The summed E-state index contributed by atoms with van der Waals surface area (Å²) in [5.74, 6) is 1.26. The molecular weight excluding hydrogens is 388 g/mol. The van der Waals surface area contributed by atoms with Crippen molar-refractivity contribution >= 4 is 11.6 Å². The fourth-order valence-corrected chi connectivity index (χ4v) is 4.21. The molecule has 0 spiro atoms. The minimum absolute atomic E-state index is 0.0259. The molecule has 1 N–H and O–H groups in total. The number of ether oxygens (including phenoxy) is 3. The van der Waals surface area contributed by atoms with Gasteiger partial charge in [-0.15, -0.1) is 0 Å². The Balaban J connectivity index is 1.98. The maximum atomic E-state index is 9.69. The molecule has 0 radical (unpaired) electrons. The maximum Gasteiger partial charge on any atom is 0.166 e. The normalized spacial score (nSPS) is 17.8. The molecule has 1 heterocycles. The van der Waals surface area contributed by atoms with Gasteiger partial charge in [0, 0.05) is 23.6 Å². The summed E-state index contributed by atoms with van der Waals surface area (Å²) in [6.45, 7) is 0.0259. The molecule has 2 unspecified atom stereocenters. The topological polar surface area (TPSA) is 47.9 Å². The summed E-state index contributed by atoms with van der Waals surface area (Å²) < 4.78 is 17.8. The van der Waals surface area contributed by atoms with E-state index >= 15 is 0 Å². The van der Waals surface area contributed by atoms with Gasteiger partial charge in [-0.2, -0.15) is 0 Å². The minimum Gasteiger partial charge on any atom is -0.493 e. The lowest BCUT2D eigenvalue weighted by Gasteiger charge is -2.26. The van der Waals surface area contributed by atoms with Crippen LogP contribution in [-0.4, -0.2) is 25.9 Å². The van der Waals surface area contributed by atoms with E-state index in [2.05, 4.69) is 12.1 Å². The van der Waals surface area contributed by atoms with Crippen LogP contribution in [0.5, 0.6) is 11.5 Å². The van der Waals surface area contributed by atoms with E-state index in [1.807, 2.05) is 48.5 Å². The molecule has 4 rings (SSSR count). The molecule has 29 heavy (non-hydrogen) atoms. The summed E-state index contributed by atoms with van der Waals surface area (Å²) in [7, 11) is 3.24. The summed E-state index contributed by atoms with van der Waals surface area (Å²) in [6, 6.07) is 19.8. The lowest BCUT2D eigenvalue weighted by molar-refractivity contribution is -0.00533. The zero-order valence-corrected chi connectivity index (χ0v) is 17.1. The van der Waals surface area contributed by atoms with Gasteiger partial charge in [-0.25, -0.2) is 0 Å². The Labute approximate surface area is 175 Å². The summed E-state index contributed by atoms with van der Waals surface area (Å²) in [5.41, 5.74) is 5.00. The molecule has 5 heteroatoms. The maximum absolute atomic E-state index is 9.69. The lowest BCUT2D eigenvalue weighted by Crippen LogP contribution is -2.13. The second kappa shape index (κ2) is 8.46. The Morgan fingerprint density at radius 3 is 2.41 bits per heavy atom. The average Bonchev–Trinajstić information content (AvgIpc) is 2.88. The van der Waals surface area contributed by atoms with E-state index in [-0.39, 0.29) is 12.7 Å². The van der Waals surface area contributed by atoms with Crippen LogP contribution >= 0.6 is 11.6 Å². The molecule has 4 nitrogen and oxygen atoms in total. The third-order valence-electron chi connectivity index (χ3n) is 5.30. The monoisotopic (exact) mass is 410 g/mol. The first-order chi connectivity index (χ1) is 14.2. The van der Waals surface area contributed by atoms with Gasteiger partial charge in [0.2, 0.25) is 0 Å². The summed E-state index contributed by atoms with van der Waals surface area (Å²) >= 11 is 6.39. The SMILES string of the molecule is COc1cccc(C2OC(CCO)c3ccccc3-c3ccc(Cl)cc32)c1OC. The van der Waals surface area contributed by atoms with Crippen LogP contribution in [0, 0.1) is 0 Å². The molecule has 150 valence electrons. The molecule has 1 aliphatic rings. The zero-order chi connectivity index (χ0) is 20.4. The first-order valence-corrected chi connectivity index (χ1v) is 9.91. The van der Waals surface area contributed by atoms with Gasteiger partial charge in [0.25, 0.3) is 0 Å². The highest BCUT2D eigenvalue weighted by Crippen LogP contribution is 2.48. The first kappa shape index (κ1) is 19.8. The van der Waals surface area contributed by atoms with Gasteiger partial charge >= 0.3 is 0 Å². The van der Waals surface area contributed by atoms with Crippen molar-refractivity contribution in [2.45, 2.75) is 18.6 Å². The molecule has 0 saturated carbocycles. The highest BCUT2D eigenvalue weighted by atomic mass is 35.5. The highest BCUT2D eigenvalue weighted by molar-refractivity contribution is 6.30. The highest BCUT2D eigenvalue weighted by Gasteiger charge is 2.32. The minimum atomic E-state index is -0.433. The number of benzene rings is 3. The van der Waals surface area contributed by atoms with E-state index < -0.39 is 6.10 Å². The van der Waals surface area contributed by atoms with Gasteiger partial charge in [0.05, 0.1) is 20.3 Å². The van der Waals surface area contributed by atoms with Crippen molar-refractivity contribution < 1.29 is 19.3 Å². The smallest absolute Gasteiger partial charge is 0.166 e. The van der Waals surface area contributed by atoms with Crippen LogP contribution in [0.25, 0.3) is 11.1 Å². The molecule has 0 fully saturated rings. The van der Waals surface area contributed by atoms with Crippen molar-refractivity contribution in [3.8, 4) is 22.6 Å². The van der Waals surface area contributed by atoms with E-state index in [4.69, 9.17) is 25.8 Å². The predicted octanol–water partition coefficient (Wildman–Crippen LogP) is 5.57. The Morgan fingerprint density at radius 1 is 0.897 bits per heavy atom. The van der Waals surface area contributed by atoms with Crippen molar-refractivity contribution in [1.29, 1.82) is 0 Å². The van der Waals surface area contributed by atoms with Crippen molar-refractivity contribution in [3.05, 3.63) is 82.4 Å². The van der Waals surface area contributed by atoms with Gasteiger partial charge in [-0.3, -0.25) is 0 Å². The molecule has 3 aromatic rings. The van der Waals surface area contributed by atoms with Gasteiger partial charge in [-0.05, 0) is 40.5 Å². The summed E-state index contributed by atoms with van der Waals surface area (Å²) in [6.07, 6.45) is -0.220. The molecule has 0 aliphatic carbocycles. The van der Waals surface area contributed by atoms with Crippen LogP contribution in [-0.2, 0) is 4.74 Å². The quantitative estimate of drug-likeness (QED) is 0.597. The Kier molecular flexibility index (Phi) is 5.76. The molecule has 3 aromatic carbocycles. The number of aliphatic hydroxyl groups excluding tert-OH is 1. The number of rotatable bonds is 5. The van der Waals surface area contributed by atoms with Crippen LogP contribution in [0.2, 0.25) is 5.02 Å². The number of hydrogen-bond acceptors (Lipinski definition) is 4. The Bertz CT molecular complexity index is 1020. The van der Waals surface area contributed by atoms with Crippen LogP contribution in [0.1, 0.15) is 35.3 Å². The number of hydrogen-bond donors (Lipinski definition) is 1. The van der Waals surface area contributed by atoms with Crippen LogP contribution in [0.3, 0.4) is 0 Å². The fourth-order valence-electron chi connectivity index (χ4n) is 4.03. The standard InChI is InChI=1S/C24H23ClO4/c1-27-22-9-5-8-19(24(22)28-2)23-20-14-15(25)10-11-17(20)16-6-3-4-7-18(16)21(29-23)12-13-26/h3-11,14,21,23,26H,12-13H2,1-2H3. The largest absolute Gasteiger partial charge is 0.493 e. The second-order valence-corrected chi connectivity index (χ2v) is 7.36. The Morgan fingerprint density at radius 2 is 1.66 bits per heavy atom. The van der Waals surface area contributed by atoms with Crippen LogP contribution in [0.15, 0.2) is 60.7 Å². The fraction of sp³-hybridized carbons (Fsp3) is 0.250. The molecule has 1 aliphatic heterocycles. The lowest BCUT2D eigenvalue weighted by atomic mass is 9.90. The van der Waals surface area contributed by atoms with Crippen molar-refractivity contribution in [2.75, 3.05) is 20.8 Å². The van der Waals surface area contributed by atoms with Crippen molar-refractivity contribution in [2.24, 2.45) is 0 Å². The third kappa shape index (κ3) is 3.60. The first-order valence-electron chi connectivity index (χ1n) is 9.54.